The van der Waals surface area contributed by atoms with Gasteiger partial charge in [-0.1, -0.05) is 0 Å². The summed E-state index contributed by atoms with van der Waals surface area (Å²) in [5.74, 6) is -0.949. The first kappa shape index (κ1) is 13.0. The van der Waals surface area contributed by atoms with Gasteiger partial charge in [0.1, 0.15) is 11.6 Å². The minimum absolute atomic E-state index is 0.113. The molecule has 0 aromatic heterocycles. The summed E-state index contributed by atoms with van der Waals surface area (Å²) in [4.78, 5) is 12.6. The molecule has 1 aromatic carbocycles. The number of nitrogens with zero attached hydrogens (tertiary/aromatic N) is 1. The van der Waals surface area contributed by atoms with E-state index in [1.54, 1.807) is 7.05 Å². The maximum atomic E-state index is 13.2. The number of likely N-dealkylation sites (N-methyl/N-ethyl adjacent to an activating group) is 1. The second-order valence-corrected chi connectivity index (χ2v) is 3.78. The van der Waals surface area contributed by atoms with Gasteiger partial charge in [-0.05, 0) is 30.2 Å². The smallest absolute Gasteiger partial charge is 0.232 e. The van der Waals surface area contributed by atoms with Crippen LogP contribution >= 0.6 is 12.6 Å². The number of benzene rings is 1. The van der Waals surface area contributed by atoms with E-state index in [9.17, 15) is 13.6 Å². The van der Waals surface area contributed by atoms with Gasteiger partial charge in [-0.3, -0.25) is 4.79 Å². The molecule has 0 N–H and O–H groups in total. The summed E-state index contributed by atoms with van der Waals surface area (Å²) in [6.07, 6.45) is 0.291. The molecule has 0 fully saturated rings. The average molecular weight is 245 g/mol. The van der Waals surface area contributed by atoms with Crippen LogP contribution in [0.15, 0.2) is 18.2 Å². The van der Waals surface area contributed by atoms with Crippen LogP contribution in [-0.4, -0.2) is 30.2 Å². The second-order valence-electron chi connectivity index (χ2n) is 3.46. The van der Waals surface area contributed by atoms with Crippen LogP contribution < -0.4 is 0 Å². The lowest BCUT2D eigenvalue weighted by molar-refractivity contribution is -0.127. The van der Waals surface area contributed by atoms with E-state index < -0.39 is 11.6 Å². The van der Waals surface area contributed by atoms with Gasteiger partial charge in [0.05, 0.1) is 5.75 Å². The van der Waals surface area contributed by atoms with Crippen molar-refractivity contribution in [1.82, 2.24) is 4.90 Å². The third-order valence-electron chi connectivity index (χ3n) is 2.29. The predicted molar refractivity (Wildman–Crippen MR) is 61.6 cm³/mol. The maximum absolute atomic E-state index is 13.2. The van der Waals surface area contributed by atoms with Crippen molar-refractivity contribution in [2.24, 2.45) is 0 Å². The molecule has 0 aliphatic carbocycles. The number of carbonyl (C=O) groups is 1. The summed E-state index contributed by atoms with van der Waals surface area (Å²) < 4.78 is 26.1. The molecule has 2 nitrogen and oxygen atoms in total. The highest BCUT2D eigenvalue weighted by Gasteiger charge is 2.08. The largest absolute Gasteiger partial charge is 0.345 e. The Hall–Kier alpha value is -1.10. The minimum Gasteiger partial charge on any atom is -0.345 e. The maximum Gasteiger partial charge on any atom is 0.232 e. The van der Waals surface area contributed by atoms with E-state index in [4.69, 9.17) is 0 Å². The number of rotatable bonds is 4. The Morgan fingerprint density at radius 2 is 2.12 bits per heavy atom. The zero-order valence-electron chi connectivity index (χ0n) is 8.91. The predicted octanol–water partition coefficient (Wildman–Crippen LogP) is 1.90. The quantitative estimate of drug-likeness (QED) is 0.803. The Morgan fingerprint density at radius 1 is 1.44 bits per heavy atom. The molecule has 0 unspecified atom stereocenters. The lowest BCUT2D eigenvalue weighted by atomic mass is 10.1. The highest BCUT2D eigenvalue weighted by Crippen LogP contribution is 2.10. The first-order valence-corrected chi connectivity index (χ1v) is 5.46. The van der Waals surface area contributed by atoms with Crippen LogP contribution in [0.25, 0.3) is 0 Å². The summed E-state index contributed by atoms with van der Waals surface area (Å²) in [5, 5.41) is 0. The lowest BCUT2D eigenvalue weighted by Crippen LogP contribution is -2.29. The molecule has 0 aliphatic heterocycles. The Morgan fingerprint density at radius 3 is 2.75 bits per heavy atom. The Labute approximate surface area is 98.7 Å². The van der Waals surface area contributed by atoms with Crippen LogP contribution in [0.1, 0.15) is 5.56 Å². The molecule has 0 heterocycles. The molecule has 0 aliphatic rings. The van der Waals surface area contributed by atoms with E-state index in [1.807, 2.05) is 0 Å². The van der Waals surface area contributed by atoms with E-state index in [2.05, 4.69) is 12.6 Å². The van der Waals surface area contributed by atoms with Crippen LogP contribution in [0.4, 0.5) is 8.78 Å². The van der Waals surface area contributed by atoms with Gasteiger partial charge in [0.2, 0.25) is 5.91 Å². The normalized spacial score (nSPS) is 10.2. The van der Waals surface area contributed by atoms with Crippen molar-refractivity contribution >= 4 is 18.5 Å². The van der Waals surface area contributed by atoms with Crippen LogP contribution in [0, 0.1) is 11.6 Å². The van der Waals surface area contributed by atoms with Gasteiger partial charge >= 0.3 is 0 Å². The number of carbonyl (C=O) groups excluding carboxylic acids is 1. The molecule has 1 amide bonds. The van der Waals surface area contributed by atoms with E-state index in [1.165, 1.54) is 4.90 Å². The van der Waals surface area contributed by atoms with Crippen molar-refractivity contribution < 1.29 is 13.6 Å². The van der Waals surface area contributed by atoms with Gasteiger partial charge in [-0.25, -0.2) is 8.78 Å². The highest BCUT2D eigenvalue weighted by molar-refractivity contribution is 7.81. The Kier molecular flexibility index (Phi) is 4.73. The molecule has 5 heteroatoms. The summed E-state index contributed by atoms with van der Waals surface area (Å²) in [6, 6.07) is 3.31. The van der Waals surface area contributed by atoms with E-state index >= 15 is 0 Å². The van der Waals surface area contributed by atoms with Crippen molar-refractivity contribution in [1.29, 1.82) is 0 Å². The molecule has 16 heavy (non-hydrogen) atoms. The van der Waals surface area contributed by atoms with Gasteiger partial charge in [0, 0.05) is 13.6 Å². The van der Waals surface area contributed by atoms with Crippen LogP contribution in [0.2, 0.25) is 0 Å². The molecule has 1 rings (SSSR count). The average Bonchev–Trinajstić information content (AvgIpc) is 2.28. The second kappa shape index (κ2) is 5.84. The summed E-state index contributed by atoms with van der Waals surface area (Å²) in [7, 11) is 1.61. The fourth-order valence-corrected chi connectivity index (χ4v) is 1.51. The SMILES string of the molecule is CN(CCc1cc(F)ccc1F)C(=O)CS. The Bertz CT molecular complexity index is 384. The number of halogens is 2. The van der Waals surface area contributed by atoms with Gasteiger partial charge < -0.3 is 4.90 Å². The van der Waals surface area contributed by atoms with E-state index in [0.717, 1.165) is 18.2 Å². The monoisotopic (exact) mass is 245 g/mol. The first-order chi connectivity index (χ1) is 7.54. The lowest BCUT2D eigenvalue weighted by Gasteiger charge is -2.15. The van der Waals surface area contributed by atoms with Gasteiger partial charge in [0.25, 0.3) is 0 Å². The minimum atomic E-state index is -0.473. The molecule has 0 bridgehead atoms. The summed E-state index contributed by atoms with van der Waals surface area (Å²) in [6.45, 7) is 0.347. The first-order valence-electron chi connectivity index (χ1n) is 4.83. The zero-order chi connectivity index (χ0) is 12.1. The zero-order valence-corrected chi connectivity index (χ0v) is 9.81. The standard InChI is InChI=1S/C11H13F2NOS/c1-14(11(15)7-16)5-4-8-6-9(12)2-3-10(8)13/h2-3,6,16H,4-5,7H2,1H3. The number of hydrogen-bond donors (Lipinski definition) is 1. The molecular weight excluding hydrogens is 232 g/mol. The van der Waals surface area contributed by atoms with E-state index in [0.29, 0.717) is 13.0 Å². The fraction of sp³-hybridized carbons (Fsp3) is 0.364. The van der Waals surface area contributed by atoms with Crippen molar-refractivity contribution in [3.8, 4) is 0 Å². The molecule has 0 radical (unpaired) electrons. The topological polar surface area (TPSA) is 20.3 Å². The van der Waals surface area contributed by atoms with E-state index in [-0.39, 0.29) is 17.2 Å². The van der Waals surface area contributed by atoms with Crippen LogP contribution in [0.3, 0.4) is 0 Å². The number of thiol groups is 1. The van der Waals surface area contributed by atoms with Crippen LogP contribution in [0.5, 0.6) is 0 Å². The van der Waals surface area contributed by atoms with Crippen molar-refractivity contribution in [2.75, 3.05) is 19.3 Å². The molecule has 0 spiro atoms. The van der Waals surface area contributed by atoms with Gasteiger partial charge in [-0.15, -0.1) is 0 Å². The highest BCUT2D eigenvalue weighted by atomic mass is 32.1. The number of amides is 1. The molecule has 0 saturated heterocycles. The van der Waals surface area contributed by atoms with Crippen LogP contribution in [-0.2, 0) is 11.2 Å². The summed E-state index contributed by atoms with van der Waals surface area (Å²) in [5.41, 5.74) is 0.277. The molecular formula is C11H13F2NOS. The molecule has 1 aromatic rings. The molecule has 88 valence electrons. The Balaban J connectivity index is 2.60. The van der Waals surface area contributed by atoms with Gasteiger partial charge in [0.15, 0.2) is 0 Å². The van der Waals surface area contributed by atoms with Crippen molar-refractivity contribution in [3.05, 3.63) is 35.4 Å². The number of hydrogen-bond acceptors (Lipinski definition) is 2. The fourth-order valence-electron chi connectivity index (χ4n) is 1.27. The molecule has 0 saturated carbocycles. The third-order valence-corrected chi connectivity index (χ3v) is 2.56. The van der Waals surface area contributed by atoms with Crippen molar-refractivity contribution in [2.45, 2.75) is 6.42 Å². The van der Waals surface area contributed by atoms with Gasteiger partial charge in [-0.2, -0.15) is 12.6 Å². The summed E-state index contributed by atoms with van der Waals surface area (Å²) >= 11 is 3.85. The third kappa shape index (κ3) is 3.48. The molecule has 0 atom stereocenters. The van der Waals surface area contributed by atoms with Crippen molar-refractivity contribution in [3.63, 3.8) is 0 Å².